The second kappa shape index (κ2) is 7.72. The Morgan fingerprint density at radius 3 is 2.91 bits per heavy atom. The van der Waals surface area contributed by atoms with E-state index >= 15 is 0 Å². The largest absolute Gasteiger partial charge is 0.371 e. The van der Waals surface area contributed by atoms with Gasteiger partial charge < -0.3 is 19.8 Å². The molecule has 3 aromatic heterocycles. The minimum absolute atomic E-state index is 0.0928. The van der Waals surface area contributed by atoms with E-state index in [0.29, 0.717) is 23.7 Å². The van der Waals surface area contributed by atoms with Crippen molar-refractivity contribution in [1.82, 2.24) is 15.0 Å². The van der Waals surface area contributed by atoms with Gasteiger partial charge in [0.05, 0.1) is 18.3 Å². The van der Waals surface area contributed by atoms with Crippen LogP contribution in [0.1, 0.15) is 85.4 Å². The summed E-state index contributed by atoms with van der Waals surface area (Å²) in [5, 5.41) is 5.34. The van der Waals surface area contributed by atoms with Gasteiger partial charge in [-0.2, -0.15) is 0 Å². The van der Waals surface area contributed by atoms with Gasteiger partial charge in [-0.25, -0.2) is 9.97 Å². The molecular weight excluding hydrogens is 424 g/mol. The number of nitrogens with one attached hydrogen (secondary N) is 2. The summed E-state index contributed by atoms with van der Waals surface area (Å²) in [6.07, 6.45) is 3.86. The van der Waals surface area contributed by atoms with E-state index in [-0.39, 0.29) is 12.2 Å². The Hall–Kier alpha value is -2.15. The lowest BCUT2D eigenvalue weighted by atomic mass is 9.90. The number of fused-ring (bicyclic) bond motifs is 6. The monoisotopic (exact) mass is 452 g/mol. The molecule has 3 unspecified atom stereocenters. The molecule has 0 aliphatic carbocycles. The summed E-state index contributed by atoms with van der Waals surface area (Å²) in [7, 11) is 0. The Bertz CT molecular complexity index is 1200. The number of ether oxygens (including phenoxy) is 2. The molecule has 1 fully saturated rings. The highest BCUT2D eigenvalue weighted by atomic mass is 35.5. The maximum atomic E-state index is 6.37. The number of aromatic nitrogens is 3. The molecule has 6 nitrogen and oxygen atoms in total. The lowest BCUT2D eigenvalue weighted by Crippen LogP contribution is -2.28. The SMILES string of the molecule is CCc1cc2c3c([nH]c2nc1Cl)CC(c1cc(C(C)C)c2c(n1)NC1CCCOC21)OC3. The van der Waals surface area contributed by atoms with Gasteiger partial charge in [-0.1, -0.05) is 32.4 Å². The molecule has 0 spiro atoms. The first-order valence-electron chi connectivity index (χ1n) is 11.8. The molecule has 3 atom stereocenters. The molecule has 3 aliphatic heterocycles. The van der Waals surface area contributed by atoms with Gasteiger partial charge in [0.2, 0.25) is 0 Å². The Kier molecular flexibility index (Phi) is 4.93. The number of nitrogens with zero attached hydrogens (tertiary/aromatic N) is 2. The van der Waals surface area contributed by atoms with Crippen LogP contribution >= 0.6 is 11.6 Å². The Morgan fingerprint density at radius 1 is 1.22 bits per heavy atom. The third-order valence-corrected chi connectivity index (χ3v) is 7.53. The number of aromatic amines is 1. The minimum Gasteiger partial charge on any atom is -0.371 e. The molecule has 0 amide bonds. The fourth-order valence-corrected chi connectivity index (χ4v) is 5.75. The zero-order chi connectivity index (χ0) is 22.0. The number of hydrogen-bond donors (Lipinski definition) is 2. The molecule has 0 aromatic carbocycles. The molecule has 6 rings (SSSR count). The average molecular weight is 453 g/mol. The summed E-state index contributed by atoms with van der Waals surface area (Å²) < 4.78 is 12.5. The molecule has 3 aromatic rings. The molecule has 168 valence electrons. The zero-order valence-electron chi connectivity index (χ0n) is 18.8. The molecular formula is C25H29ClN4O2. The molecule has 0 bridgehead atoms. The van der Waals surface area contributed by atoms with Crippen LogP contribution in [-0.2, 0) is 28.9 Å². The second-order valence-corrected chi connectivity index (χ2v) is 9.87. The van der Waals surface area contributed by atoms with Crippen LogP contribution in [0.15, 0.2) is 12.1 Å². The van der Waals surface area contributed by atoms with Crippen molar-refractivity contribution in [2.45, 2.75) is 77.2 Å². The highest BCUT2D eigenvalue weighted by Crippen LogP contribution is 2.45. The minimum atomic E-state index is -0.0928. The summed E-state index contributed by atoms with van der Waals surface area (Å²) in [6.45, 7) is 7.96. The van der Waals surface area contributed by atoms with Crippen molar-refractivity contribution < 1.29 is 9.47 Å². The van der Waals surface area contributed by atoms with Crippen LogP contribution < -0.4 is 5.32 Å². The van der Waals surface area contributed by atoms with E-state index in [1.165, 1.54) is 22.4 Å². The van der Waals surface area contributed by atoms with Crippen LogP contribution in [-0.4, -0.2) is 27.6 Å². The number of H-pyrrole nitrogens is 1. The van der Waals surface area contributed by atoms with Gasteiger partial charge >= 0.3 is 0 Å². The van der Waals surface area contributed by atoms with E-state index in [4.69, 9.17) is 26.1 Å². The molecule has 0 radical (unpaired) electrons. The lowest BCUT2D eigenvalue weighted by molar-refractivity contribution is 0.0111. The molecule has 32 heavy (non-hydrogen) atoms. The number of pyridine rings is 2. The zero-order valence-corrected chi connectivity index (χ0v) is 19.6. The number of aryl methyl sites for hydroxylation is 1. The molecule has 0 saturated carbocycles. The first-order valence-corrected chi connectivity index (χ1v) is 12.1. The molecule has 6 heterocycles. The number of anilines is 1. The Labute approximate surface area is 193 Å². The first-order chi connectivity index (χ1) is 15.5. The number of halogens is 1. The highest BCUT2D eigenvalue weighted by Gasteiger charge is 2.39. The smallest absolute Gasteiger partial charge is 0.139 e. The van der Waals surface area contributed by atoms with E-state index in [0.717, 1.165) is 60.4 Å². The van der Waals surface area contributed by atoms with Gasteiger partial charge in [-0.15, -0.1) is 0 Å². The van der Waals surface area contributed by atoms with Crippen LogP contribution in [0.5, 0.6) is 0 Å². The van der Waals surface area contributed by atoms with Crippen molar-refractivity contribution in [2.24, 2.45) is 0 Å². The molecule has 2 N–H and O–H groups in total. The van der Waals surface area contributed by atoms with Gasteiger partial charge in [0.15, 0.2) is 0 Å². The van der Waals surface area contributed by atoms with E-state index in [9.17, 15) is 0 Å². The van der Waals surface area contributed by atoms with Crippen LogP contribution in [0.25, 0.3) is 11.0 Å². The van der Waals surface area contributed by atoms with Gasteiger partial charge in [0.25, 0.3) is 0 Å². The maximum absolute atomic E-state index is 6.37. The average Bonchev–Trinajstić information content (AvgIpc) is 3.34. The van der Waals surface area contributed by atoms with Crippen molar-refractivity contribution in [1.29, 1.82) is 0 Å². The maximum Gasteiger partial charge on any atom is 0.139 e. The summed E-state index contributed by atoms with van der Waals surface area (Å²) in [6, 6.07) is 4.73. The molecule has 3 aliphatic rings. The predicted molar refractivity (Wildman–Crippen MR) is 125 cm³/mol. The van der Waals surface area contributed by atoms with Crippen LogP contribution in [0.3, 0.4) is 0 Å². The van der Waals surface area contributed by atoms with Crippen LogP contribution in [0, 0.1) is 0 Å². The quantitative estimate of drug-likeness (QED) is 0.494. The Balaban J connectivity index is 1.37. The van der Waals surface area contributed by atoms with Crippen LogP contribution in [0.2, 0.25) is 5.15 Å². The van der Waals surface area contributed by atoms with Crippen molar-refractivity contribution in [3.63, 3.8) is 0 Å². The van der Waals surface area contributed by atoms with Crippen molar-refractivity contribution >= 4 is 28.5 Å². The predicted octanol–water partition coefficient (Wildman–Crippen LogP) is 5.76. The lowest BCUT2D eigenvalue weighted by Gasteiger charge is -2.27. The highest BCUT2D eigenvalue weighted by molar-refractivity contribution is 6.30. The summed E-state index contributed by atoms with van der Waals surface area (Å²) in [5.74, 6) is 1.37. The van der Waals surface area contributed by atoms with E-state index in [1.807, 2.05) is 0 Å². The first kappa shape index (κ1) is 20.5. The van der Waals surface area contributed by atoms with E-state index in [2.05, 4.69) is 48.2 Å². The normalized spacial score (nSPS) is 24.3. The number of rotatable bonds is 3. The third-order valence-electron chi connectivity index (χ3n) is 7.20. The fraction of sp³-hybridized carbons (Fsp3) is 0.520. The molecule has 7 heteroatoms. The third kappa shape index (κ3) is 3.15. The summed E-state index contributed by atoms with van der Waals surface area (Å²) in [5.41, 5.74) is 7.83. The number of hydrogen-bond acceptors (Lipinski definition) is 5. The van der Waals surface area contributed by atoms with Crippen molar-refractivity contribution in [3.8, 4) is 0 Å². The van der Waals surface area contributed by atoms with Crippen LogP contribution in [0.4, 0.5) is 5.82 Å². The topological polar surface area (TPSA) is 72.1 Å². The molecule has 1 saturated heterocycles. The van der Waals surface area contributed by atoms with Crippen molar-refractivity contribution in [3.05, 3.63) is 50.9 Å². The van der Waals surface area contributed by atoms with E-state index < -0.39 is 0 Å². The summed E-state index contributed by atoms with van der Waals surface area (Å²) >= 11 is 6.35. The standard InChI is InChI=1S/C25H29ClN4O2/c1-4-13-8-15-16-11-32-20(10-18(16)28-24(15)30-23(13)26)19-9-14(12(2)3)21-22-17(6-5-7-31-22)27-25(21)29-19/h8-9,12,17,20,22H,4-7,10-11H2,1-3H3,(H,27,29)(H,28,30). The Morgan fingerprint density at radius 2 is 2.09 bits per heavy atom. The summed E-state index contributed by atoms with van der Waals surface area (Å²) in [4.78, 5) is 13.1. The fourth-order valence-electron chi connectivity index (χ4n) is 5.48. The second-order valence-electron chi connectivity index (χ2n) is 9.51. The van der Waals surface area contributed by atoms with E-state index in [1.54, 1.807) is 0 Å². The van der Waals surface area contributed by atoms with Gasteiger partial charge in [0.1, 0.15) is 28.8 Å². The van der Waals surface area contributed by atoms with Gasteiger partial charge in [-0.05, 0) is 48.4 Å². The van der Waals surface area contributed by atoms with Gasteiger partial charge in [-0.3, -0.25) is 0 Å². The van der Waals surface area contributed by atoms with Crippen molar-refractivity contribution in [2.75, 3.05) is 11.9 Å². The van der Waals surface area contributed by atoms with Gasteiger partial charge in [0, 0.05) is 35.2 Å².